The van der Waals surface area contributed by atoms with Gasteiger partial charge in [-0.2, -0.15) is 13.2 Å². The van der Waals surface area contributed by atoms with Gasteiger partial charge in [0.2, 0.25) is 0 Å². The minimum Gasteiger partial charge on any atom is -0.477 e. The van der Waals surface area contributed by atoms with Crippen molar-refractivity contribution in [2.75, 3.05) is 18.5 Å². The number of carbonyl (C=O) groups is 2. The fourth-order valence-corrected chi connectivity index (χ4v) is 3.22. The highest BCUT2D eigenvalue weighted by atomic mass is 32.2. The van der Waals surface area contributed by atoms with Gasteiger partial charge in [-0.05, 0) is 48.2 Å². The van der Waals surface area contributed by atoms with E-state index < -0.39 is 17.5 Å². The third-order valence-electron chi connectivity index (χ3n) is 3.89. The highest BCUT2D eigenvalue weighted by Crippen LogP contribution is 2.37. The minimum absolute atomic E-state index is 0.00538. The number of fused-ring (bicyclic) bond motifs is 1. The number of carbonyl (C=O) groups excluding carboxylic acids is 2. The van der Waals surface area contributed by atoms with Gasteiger partial charge in [0, 0.05) is 17.5 Å². The Balaban J connectivity index is 1.87. The summed E-state index contributed by atoms with van der Waals surface area (Å²) in [6.07, 6.45) is -0.881. The molecule has 0 saturated carbocycles. The SMILES string of the molecule is CNC(=O)[C@@H]1CN(C(=O)c2ccc(SC(F)(F)F)cc2)c2ccccc2O1. The molecule has 142 valence electrons. The van der Waals surface area contributed by atoms with E-state index in [1.54, 1.807) is 24.3 Å². The fraction of sp³-hybridized carbons (Fsp3) is 0.222. The van der Waals surface area contributed by atoms with E-state index in [0.717, 1.165) is 0 Å². The second-order valence-electron chi connectivity index (χ2n) is 5.68. The van der Waals surface area contributed by atoms with Gasteiger partial charge in [0.25, 0.3) is 11.8 Å². The van der Waals surface area contributed by atoms with Crippen LogP contribution in [-0.2, 0) is 4.79 Å². The third kappa shape index (κ3) is 4.36. The number of alkyl halides is 3. The number of benzene rings is 2. The Labute approximate surface area is 157 Å². The van der Waals surface area contributed by atoms with E-state index in [0.29, 0.717) is 11.4 Å². The highest BCUT2D eigenvalue weighted by Gasteiger charge is 2.34. The maximum absolute atomic E-state index is 12.9. The molecule has 0 saturated heterocycles. The number of thioether (sulfide) groups is 1. The summed E-state index contributed by atoms with van der Waals surface area (Å²) in [6.45, 7) is -0.00538. The molecule has 0 bridgehead atoms. The molecule has 2 aromatic rings. The quantitative estimate of drug-likeness (QED) is 0.808. The van der Waals surface area contributed by atoms with Gasteiger partial charge in [0.05, 0.1) is 12.2 Å². The van der Waals surface area contributed by atoms with Crippen LogP contribution in [0.1, 0.15) is 10.4 Å². The van der Waals surface area contributed by atoms with E-state index in [1.807, 2.05) is 0 Å². The van der Waals surface area contributed by atoms with Crippen molar-refractivity contribution < 1.29 is 27.5 Å². The standard InChI is InChI=1S/C18H15F3N2O3S/c1-22-16(24)15-10-23(13-4-2-3-5-14(13)26-15)17(25)11-6-8-12(9-7-11)27-18(19,20)21/h2-9,15H,10H2,1H3,(H,22,24)/t15-/m0/s1. The molecule has 0 unspecified atom stereocenters. The molecule has 1 N–H and O–H groups in total. The maximum atomic E-state index is 12.9. The van der Waals surface area contributed by atoms with Gasteiger partial charge in [0.1, 0.15) is 5.75 Å². The number of hydrogen-bond acceptors (Lipinski definition) is 4. The Kier molecular flexibility index (Phi) is 5.31. The van der Waals surface area contributed by atoms with Crippen LogP contribution in [0.4, 0.5) is 18.9 Å². The summed E-state index contributed by atoms with van der Waals surface area (Å²) in [6, 6.07) is 11.9. The zero-order chi connectivity index (χ0) is 19.6. The van der Waals surface area contributed by atoms with Gasteiger partial charge in [-0.1, -0.05) is 12.1 Å². The van der Waals surface area contributed by atoms with Crippen molar-refractivity contribution in [2.45, 2.75) is 16.5 Å². The molecular weight excluding hydrogens is 381 g/mol. The molecule has 1 aliphatic rings. The van der Waals surface area contributed by atoms with Crippen LogP contribution in [-0.4, -0.2) is 37.0 Å². The monoisotopic (exact) mass is 396 g/mol. The van der Waals surface area contributed by atoms with E-state index in [9.17, 15) is 22.8 Å². The smallest absolute Gasteiger partial charge is 0.446 e. The maximum Gasteiger partial charge on any atom is 0.446 e. The Morgan fingerprint density at radius 3 is 2.44 bits per heavy atom. The number of nitrogens with zero attached hydrogens (tertiary/aromatic N) is 1. The Hall–Kier alpha value is -2.68. The van der Waals surface area contributed by atoms with E-state index in [1.165, 1.54) is 36.2 Å². The molecule has 9 heteroatoms. The van der Waals surface area contributed by atoms with Crippen LogP contribution in [0.2, 0.25) is 0 Å². The lowest BCUT2D eigenvalue weighted by atomic mass is 10.1. The number of nitrogens with one attached hydrogen (secondary N) is 1. The van der Waals surface area contributed by atoms with E-state index in [4.69, 9.17) is 4.74 Å². The summed E-state index contributed by atoms with van der Waals surface area (Å²) in [7, 11) is 1.47. The number of hydrogen-bond donors (Lipinski definition) is 1. The topological polar surface area (TPSA) is 58.6 Å². The van der Waals surface area contributed by atoms with Crippen LogP contribution in [0.25, 0.3) is 0 Å². The highest BCUT2D eigenvalue weighted by molar-refractivity contribution is 8.00. The summed E-state index contributed by atoms with van der Waals surface area (Å²) in [5, 5.41) is 2.48. The van der Waals surface area contributed by atoms with Crippen molar-refractivity contribution in [2.24, 2.45) is 0 Å². The van der Waals surface area contributed by atoms with Gasteiger partial charge in [-0.25, -0.2) is 0 Å². The molecule has 0 spiro atoms. The van der Waals surface area contributed by atoms with Gasteiger partial charge in [-0.15, -0.1) is 0 Å². The largest absolute Gasteiger partial charge is 0.477 e. The molecular formula is C18H15F3N2O3S. The van der Waals surface area contributed by atoms with Crippen LogP contribution >= 0.6 is 11.8 Å². The van der Waals surface area contributed by atoms with Crippen molar-refractivity contribution >= 4 is 29.3 Å². The van der Waals surface area contributed by atoms with Gasteiger partial charge < -0.3 is 15.0 Å². The van der Waals surface area contributed by atoms with Gasteiger partial charge in [0.15, 0.2) is 6.10 Å². The van der Waals surface area contributed by atoms with Crippen molar-refractivity contribution in [3.63, 3.8) is 0 Å². The average Bonchev–Trinajstić information content (AvgIpc) is 2.65. The third-order valence-corrected chi connectivity index (χ3v) is 4.63. The predicted octanol–water partition coefficient (Wildman–Crippen LogP) is 3.45. The Morgan fingerprint density at radius 1 is 1.15 bits per heavy atom. The summed E-state index contributed by atoms with van der Waals surface area (Å²) < 4.78 is 43.0. The fourth-order valence-electron chi connectivity index (χ4n) is 2.68. The number of likely N-dealkylation sites (N-methyl/N-ethyl adjacent to an activating group) is 1. The van der Waals surface area contributed by atoms with E-state index in [2.05, 4.69) is 5.32 Å². The lowest BCUT2D eigenvalue weighted by Crippen LogP contribution is -2.50. The van der Waals surface area contributed by atoms with Crippen molar-refractivity contribution in [1.29, 1.82) is 0 Å². The number of ether oxygens (including phenoxy) is 1. The van der Waals surface area contributed by atoms with Gasteiger partial charge >= 0.3 is 5.51 Å². The summed E-state index contributed by atoms with van der Waals surface area (Å²) in [4.78, 5) is 26.3. The zero-order valence-electron chi connectivity index (χ0n) is 14.1. The zero-order valence-corrected chi connectivity index (χ0v) is 14.9. The first kappa shape index (κ1) is 19.1. The van der Waals surface area contributed by atoms with Crippen molar-refractivity contribution in [3.8, 4) is 5.75 Å². The second-order valence-corrected chi connectivity index (χ2v) is 6.81. The molecule has 2 aromatic carbocycles. The van der Waals surface area contributed by atoms with Crippen LogP contribution in [0.5, 0.6) is 5.75 Å². The normalized spacial score (nSPS) is 16.3. The Morgan fingerprint density at radius 2 is 1.81 bits per heavy atom. The first-order valence-corrected chi connectivity index (χ1v) is 8.75. The number of rotatable bonds is 3. The summed E-state index contributed by atoms with van der Waals surface area (Å²) in [5.74, 6) is -0.419. The summed E-state index contributed by atoms with van der Waals surface area (Å²) in [5.41, 5.74) is -3.68. The van der Waals surface area contributed by atoms with Crippen molar-refractivity contribution in [3.05, 3.63) is 54.1 Å². The molecule has 0 aromatic heterocycles. The van der Waals surface area contributed by atoms with Crippen LogP contribution < -0.4 is 15.0 Å². The molecule has 1 atom stereocenters. The lowest BCUT2D eigenvalue weighted by Gasteiger charge is -2.34. The summed E-state index contributed by atoms with van der Waals surface area (Å²) >= 11 is -0.245. The lowest BCUT2D eigenvalue weighted by molar-refractivity contribution is -0.127. The van der Waals surface area contributed by atoms with Crippen LogP contribution in [0.3, 0.4) is 0 Å². The predicted molar refractivity (Wildman–Crippen MR) is 95.0 cm³/mol. The second kappa shape index (κ2) is 7.51. The molecule has 3 rings (SSSR count). The number of halogens is 3. The first-order valence-electron chi connectivity index (χ1n) is 7.93. The molecule has 2 amide bonds. The molecule has 1 aliphatic heterocycles. The molecule has 0 fully saturated rings. The van der Waals surface area contributed by atoms with E-state index >= 15 is 0 Å². The number of para-hydroxylation sites is 2. The van der Waals surface area contributed by atoms with Crippen molar-refractivity contribution in [1.82, 2.24) is 5.32 Å². The number of amides is 2. The van der Waals surface area contributed by atoms with Crippen LogP contribution in [0.15, 0.2) is 53.4 Å². The molecule has 27 heavy (non-hydrogen) atoms. The molecule has 0 aliphatic carbocycles. The molecule has 0 radical (unpaired) electrons. The Bertz CT molecular complexity index is 856. The van der Waals surface area contributed by atoms with Gasteiger partial charge in [-0.3, -0.25) is 9.59 Å². The first-order chi connectivity index (χ1) is 12.8. The van der Waals surface area contributed by atoms with E-state index in [-0.39, 0.29) is 34.7 Å². The minimum atomic E-state index is -4.39. The molecule has 5 nitrogen and oxygen atoms in total. The molecule has 1 heterocycles. The average molecular weight is 396 g/mol. The van der Waals surface area contributed by atoms with Crippen LogP contribution in [0, 0.1) is 0 Å². The number of anilines is 1.